The maximum absolute atomic E-state index is 5.53. The van der Waals surface area contributed by atoms with Gasteiger partial charge in [-0.1, -0.05) is 17.3 Å². The second kappa shape index (κ2) is 3.59. The molecule has 0 aliphatic carbocycles. The lowest BCUT2D eigenvalue weighted by molar-refractivity contribution is 0.436. The van der Waals surface area contributed by atoms with Crippen molar-refractivity contribution in [3.8, 4) is 11.3 Å². The van der Waals surface area contributed by atoms with E-state index in [1.807, 2.05) is 37.4 Å². The number of rotatable bonds is 1. The second-order valence-electron chi connectivity index (χ2n) is 4.00. The molecule has 2 N–H and O–H groups in total. The number of anilines is 1. The van der Waals surface area contributed by atoms with E-state index in [-0.39, 0.29) is 0 Å². The molecule has 2 heterocycles. The molecule has 0 saturated carbocycles. The number of aryl methyl sites for hydroxylation is 1. The van der Waals surface area contributed by atoms with E-state index in [1.54, 1.807) is 6.07 Å². The van der Waals surface area contributed by atoms with Gasteiger partial charge in [-0.05, 0) is 24.4 Å². The van der Waals surface area contributed by atoms with E-state index in [0.29, 0.717) is 11.6 Å². The van der Waals surface area contributed by atoms with E-state index in [1.165, 1.54) is 0 Å². The van der Waals surface area contributed by atoms with Gasteiger partial charge < -0.3 is 10.3 Å². The lowest BCUT2D eigenvalue weighted by Gasteiger charge is -2.01. The van der Waals surface area contributed by atoms with Crippen molar-refractivity contribution >= 4 is 16.6 Å². The van der Waals surface area contributed by atoms with E-state index >= 15 is 0 Å². The van der Waals surface area contributed by atoms with Crippen LogP contribution in [0.5, 0.6) is 0 Å². The third-order valence-corrected chi connectivity index (χ3v) is 2.67. The molecule has 0 radical (unpaired) electrons. The average molecular weight is 225 g/mol. The molecule has 0 aliphatic heterocycles. The molecule has 0 aliphatic rings. The number of nitrogen functional groups attached to an aromatic ring is 1. The van der Waals surface area contributed by atoms with Crippen molar-refractivity contribution in [3.63, 3.8) is 0 Å². The zero-order chi connectivity index (χ0) is 11.8. The molecule has 0 atom stereocenters. The van der Waals surface area contributed by atoms with Crippen LogP contribution in [0, 0.1) is 6.92 Å². The van der Waals surface area contributed by atoms with Crippen LogP contribution in [0.4, 0.5) is 5.82 Å². The highest BCUT2D eigenvalue weighted by Gasteiger charge is 2.05. The molecule has 1 aromatic carbocycles. The summed E-state index contributed by atoms with van der Waals surface area (Å²) >= 11 is 0. The number of hydrogen-bond donors (Lipinski definition) is 1. The molecular weight excluding hydrogens is 214 g/mol. The summed E-state index contributed by atoms with van der Waals surface area (Å²) in [6.45, 7) is 1.98. The van der Waals surface area contributed by atoms with Crippen LogP contribution in [0.15, 0.2) is 41.1 Å². The summed E-state index contributed by atoms with van der Waals surface area (Å²) in [4.78, 5) is 4.28. The van der Waals surface area contributed by atoms with E-state index < -0.39 is 0 Å². The van der Waals surface area contributed by atoms with Gasteiger partial charge in [0.1, 0.15) is 0 Å². The summed E-state index contributed by atoms with van der Waals surface area (Å²) < 4.78 is 5.13. The first-order valence-corrected chi connectivity index (χ1v) is 5.31. The minimum atomic E-state index is 0.391. The summed E-state index contributed by atoms with van der Waals surface area (Å²) in [6, 6.07) is 9.80. The number of nitrogens with zero attached hydrogens (tertiary/aromatic N) is 2. The molecule has 3 aromatic rings. The van der Waals surface area contributed by atoms with Gasteiger partial charge in [0.25, 0.3) is 0 Å². The highest BCUT2D eigenvalue weighted by Crippen LogP contribution is 2.25. The molecular formula is C13H11N3O. The Hall–Kier alpha value is -2.36. The molecule has 3 rings (SSSR count). The average Bonchev–Trinajstić information content (AvgIpc) is 2.75. The summed E-state index contributed by atoms with van der Waals surface area (Å²) in [5, 5.41) is 5.91. The van der Waals surface area contributed by atoms with Gasteiger partial charge in [0.2, 0.25) is 0 Å². The van der Waals surface area contributed by atoms with Gasteiger partial charge in [-0.15, -0.1) is 0 Å². The molecule has 0 unspecified atom stereocenters. The fourth-order valence-electron chi connectivity index (χ4n) is 1.83. The highest BCUT2D eigenvalue weighted by molar-refractivity contribution is 5.86. The quantitative estimate of drug-likeness (QED) is 0.691. The summed E-state index contributed by atoms with van der Waals surface area (Å²) in [6.07, 6.45) is 1.86. The lowest BCUT2D eigenvalue weighted by Crippen LogP contribution is -1.82. The van der Waals surface area contributed by atoms with Crippen LogP contribution in [0.2, 0.25) is 0 Å². The Morgan fingerprint density at radius 2 is 2.00 bits per heavy atom. The Labute approximate surface area is 98.1 Å². The van der Waals surface area contributed by atoms with Crippen LogP contribution in [0.1, 0.15) is 5.69 Å². The number of nitrogens with two attached hydrogens (primary N) is 1. The van der Waals surface area contributed by atoms with E-state index in [9.17, 15) is 0 Å². The van der Waals surface area contributed by atoms with E-state index in [0.717, 1.165) is 22.0 Å². The molecule has 4 heteroatoms. The topological polar surface area (TPSA) is 64.9 Å². The maximum atomic E-state index is 5.53. The minimum Gasteiger partial charge on any atom is -0.381 e. The van der Waals surface area contributed by atoms with Crippen LogP contribution in [-0.4, -0.2) is 10.1 Å². The van der Waals surface area contributed by atoms with Crippen molar-refractivity contribution in [1.29, 1.82) is 0 Å². The van der Waals surface area contributed by atoms with Crippen molar-refractivity contribution < 1.29 is 4.52 Å². The van der Waals surface area contributed by atoms with Gasteiger partial charge >= 0.3 is 0 Å². The third kappa shape index (κ3) is 1.73. The smallest absolute Gasteiger partial charge is 0.169 e. The molecule has 4 nitrogen and oxygen atoms in total. The third-order valence-electron chi connectivity index (χ3n) is 2.67. The second-order valence-corrected chi connectivity index (χ2v) is 4.00. The van der Waals surface area contributed by atoms with Crippen LogP contribution < -0.4 is 5.73 Å². The van der Waals surface area contributed by atoms with Crippen molar-refractivity contribution in [2.24, 2.45) is 0 Å². The first-order chi connectivity index (χ1) is 8.22. The SMILES string of the molecule is Cc1cc2ccc(-c3cc(N)no3)cc2cn1. The zero-order valence-electron chi connectivity index (χ0n) is 9.34. The Morgan fingerprint density at radius 1 is 1.12 bits per heavy atom. The van der Waals surface area contributed by atoms with E-state index in [2.05, 4.69) is 10.1 Å². The predicted molar refractivity (Wildman–Crippen MR) is 66.4 cm³/mol. The molecule has 84 valence electrons. The highest BCUT2D eigenvalue weighted by atomic mass is 16.5. The Balaban J connectivity index is 2.16. The number of hydrogen-bond acceptors (Lipinski definition) is 4. The summed E-state index contributed by atoms with van der Waals surface area (Å²) in [5.41, 5.74) is 7.49. The number of benzene rings is 1. The first-order valence-electron chi connectivity index (χ1n) is 5.31. The number of aromatic nitrogens is 2. The molecule has 2 aromatic heterocycles. The Kier molecular flexibility index (Phi) is 2.08. The lowest BCUT2D eigenvalue weighted by atomic mass is 10.1. The fourth-order valence-corrected chi connectivity index (χ4v) is 1.83. The number of fused-ring (bicyclic) bond motifs is 1. The molecule has 0 fully saturated rings. The molecule has 0 bridgehead atoms. The van der Waals surface area contributed by atoms with Gasteiger partial charge in [-0.25, -0.2) is 0 Å². The zero-order valence-corrected chi connectivity index (χ0v) is 9.34. The van der Waals surface area contributed by atoms with Crippen LogP contribution in [0.3, 0.4) is 0 Å². The van der Waals surface area contributed by atoms with Crippen LogP contribution in [0.25, 0.3) is 22.1 Å². The summed E-state index contributed by atoms with van der Waals surface area (Å²) in [5.74, 6) is 1.06. The molecule has 0 spiro atoms. The molecule has 17 heavy (non-hydrogen) atoms. The molecule has 0 saturated heterocycles. The Bertz CT molecular complexity index is 688. The van der Waals surface area contributed by atoms with Gasteiger partial charge in [0.05, 0.1) is 0 Å². The fraction of sp³-hybridized carbons (Fsp3) is 0.0769. The Morgan fingerprint density at radius 3 is 2.76 bits per heavy atom. The standard InChI is InChI=1S/C13H11N3O/c1-8-4-9-2-3-10(5-11(9)7-15-8)12-6-13(14)16-17-12/h2-7H,1H3,(H2,14,16). The predicted octanol–water partition coefficient (Wildman–Crippen LogP) is 2.78. The number of pyridine rings is 1. The van der Waals surface area contributed by atoms with Crippen molar-refractivity contribution in [2.45, 2.75) is 6.92 Å². The molecule has 0 amide bonds. The minimum absolute atomic E-state index is 0.391. The van der Waals surface area contributed by atoms with E-state index in [4.69, 9.17) is 10.3 Å². The van der Waals surface area contributed by atoms with Crippen LogP contribution >= 0.6 is 0 Å². The maximum Gasteiger partial charge on any atom is 0.169 e. The van der Waals surface area contributed by atoms with Crippen molar-refractivity contribution in [1.82, 2.24) is 10.1 Å². The van der Waals surface area contributed by atoms with Crippen molar-refractivity contribution in [3.05, 3.63) is 42.2 Å². The van der Waals surface area contributed by atoms with Gasteiger partial charge in [0.15, 0.2) is 11.6 Å². The van der Waals surface area contributed by atoms with Gasteiger partial charge in [-0.2, -0.15) is 0 Å². The summed E-state index contributed by atoms with van der Waals surface area (Å²) in [7, 11) is 0. The van der Waals surface area contributed by atoms with Gasteiger partial charge in [0, 0.05) is 28.9 Å². The van der Waals surface area contributed by atoms with Gasteiger partial charge in [-0.3, -0.25) is 4.98 Å². The first kappa shape index (κ1) is 9.84. The monoisotopic (exact) mass is 225 g/mol. The van der Waals surface area contributed by atoms with Crippen LogP contribution in [-0.2, 0) is 0 Å². The largest absolute Gasteiger partial charge is 0.381 e. The normalized spacial score (nSPS) is 10.9. The van der Waals surface area contributed by atoms with Crippen molar-refractivity contribution in [2.75, 3.05) is 5.73 Å².